The van der Waals surface area contributed by atoms with Gasteiger partial charge in [-0.05, 0) is 6.42 Å². The van der Waals surface area contributed by atoms with Gasteiger partial charge >= 0.3 is 5.97 Å². The van der Waals surface area contributed by atoms with Crippen molar-refractivity contribution in [2.24, 2.45) is 5.18 Å². The zero-order chi connectivity index (χ0) is 17.0. The molecule has 4 unspecified atom stereocenters. The van der Waals surface area contributed by atoms with Gasteiger partial charge in [0.25, 0.3) is 0 Å². The third-order valence-corrected chi connectivity index (χ3v) is 3.36. The molecule has 0 rings (SSSR count). The average Bonchev–Trinajstić information content (AvgIpc) is 2.53. The van der Waals surface area contributed by atoms with E-state index in [2.05, 4.69) is 12.1 Å². The van der Waals surface area contributed by atoms with E-state index in [1.807, 2.05) is 0 Å². The molecule has 0 saturated carbocycles. The number of aliphatic hydroxyl groups is 4. The molecule has 0 aromatic rings. The van der Waals surface area contributed by atoms with Crippen LogP contribution in [0.4, 0.5) is 0 Å². The molecule has 0 radical (unpaired) electrons. The molecule has 0 saturated heterocycles. The van der Waals surface area contributed by atoms with Crippen LogP contribution >= 0.6 is 0 Å². The normalized spacial score (nSPS) is 16.6. The highest BCUT2D eigenvalue weighted by molar-refractivity contribution is 5.75. The van der Waals surface area contributed by atoms with Gasteiger partial charge in [0.05, 0.1) is 13.2 Å². The second-order valence-corrected chi connectivity index (χ2v) is 5.22. The highest BCUT2D eigenvalue weighted by atomic mass is 16.5. The van der Waals surface area contributed by atoms with Gasteiger partial charge in [-0.3, -0.25) is 0 Å². The lowest BCUT2D eigenvalue weighted by atomic mass is 10.0. The molecule has 4 atom stereocenters. The fourth-order valence-electron chi connectivity index (χ4n) is 1.92. The van der Waals surface area contributed by atoms with Gasteiger partial charge in [-0.15, -0.1) is 0 Å². The van der Waals surface area contributed by atoms with Crippen molar-refractivity contribution in [1.82, 2.24) is 0 Å². The Hall–Kier alpha value is -1.09. The lowest BCUT2D eigenvalue weighted by Gasteiger charge is -2.23. The summed E-state index contributed by atoms with van der Waals surface area (Å²) >= 11 is 0. The van der Waals surface area contributed by atoms with Crippen molar-refractivity contribution in [3.63, 3.8) is 0 Å². The predicted molar refractivity (Wildman–Crippen MR) is 79.0 cm³/mol. The second kappa shape index (κ2) is 12.5. The van der Waals surface area contributed by atoms with Crippen LogP contribution in [-0.2, 0) is 9.53 Å². The fourth-order valence-corrected chi connectivity index (χ4v) is 1.92. The Morgan fingerprint density at radius 2 is 1.68 bits per heavy atom. The largest absolute Gasteiger partial charge is 0.464 e. The summed E-state index contributed by atoms with van der Waals surface area (Å²) in [5.41, 5.74) is 0. The summed E-state index contributed by atoms with van der Waals surface area (Å²) in [6, 6.07) is -1.79. The van der Waals surface area contributed by atoms with Crippen LogP contribution in [-0.4, -0.2) is 64.0 Å². The molecule has 8 heteroatoms. The molecular formula is C14H27NO7. The molecule has 0 aromatic heterocycles. The van der Waals surface area contributed by atoms with Crippen molar-refractivity contribution < 1.29 is 30.0 Å². The van der Waals surface area contributed by atoms with E-state index in [1.165, 1.54) is 0 Å². The molecule has 4 N–H and O–H groups in total. The van der Waals surface area contributed by atoms with Crippen LogP contribution in [0.25, 0.3) is 0 Å². The molecule has 0 bridgehead atoms. The zero-order valence-electron chi connectivity index (χ0n) is 12.9. The SMILES string of the molecule is CCCCCCCCOC(=O)C(O)C(N=O)C(O)C(O)CO. The summed E-state index contributed by atoms with van der Waals surface area (Å²) in [6.45, 7) is 1.39. The second-order valence-electron chi connectivity index (χ2n) is 5.22. The summed E-state index contributed by atoms with van der Waals surface area (Å²) in [6.07, 6.45) is 0.493. The van der Waals surface area contributed by atoms with Gasteiger partial charge in [-0.1, -0.05) is 44.2 Å². The quantitative estimate of drug-likeness (QED) is 0.214. The molecule has 8 nitrogen and oxygen atoms in total. The van der Waals surface area contributed by atoms with Gasteiger partial charge in [0.2, 0.25) is 0 Å². The first kappa shape index (κ1) is 20.9. The summed E-state index contributed by atoms with van der Waals surface area (Å²) in [7, 11) is 0. The number of hydrogen-bond donors (Lipinski definition) is 4. The molecule has 0 aromatic carbocycles. The number of unbranched alkanes of at least 4 members (excludes halogenated alkanes) is 5. The van der Waals surface area contributed by atoms with Gasteiger partial charge < -0.3 is 25.2 Å². The maximum absolute atomic E-state index is 11.6. The first-order chi connectivity index (χ1) is 10.5. The minimum absolute atomic E-state index is 0.103. The van der Waals surface area contributed by atoms with Crippen molar-refractivity contribution >= 4 is 5.97 Å². The maximum Gasteiger partial charge on any atom is 0.337 e. The van der Waals surface area contributed by atoms with Crippen molar-refractivity contribution in [2.75, 3.05) is 13.2 Å². The lowest BCUT2D eigenvalue weighted by molar-refractivity contribution is -0.158. The van der Waals surface area contributed by atoms with Crippen LogP contribution in [0.15, 0.2) is 5.18 Å². The van der Waals surface area contributed by atoms with Gasteiger partial charge in [0.1, 0.15) is 12.2 Å². The van der Waals surface area contributed by atoms with E-state index in [-0.39, 0.29) is 6.61 Å². The Kier molecular flexibility index (Phi) is 11.8. The van der Waals surface area contributed by atoms with Crippen molar-refractivity contribution in [3.8, 4) is 0 Å². The predicted octanol–water partition coefficient (Wildman–Crippen LogP) is 0.100. The minimum atomic E-state index is -1.98. The average molecular weight is 321 g/mol. The van der Waals surface area contributed by atoms with E-state index in [9.17, 15) is 25.0 Å². The Morgan fingerprint density at radius 1 is 1.09 bits per heavy atom. The van der Waals surface area contributed by atoms with Crippen LogP contribution < -0.4 is 0 Å². The summed E-state index contributed by atoms with van der Waals surface area (Å²) in [4.78, 5) is 22.2. The highest BCUT2D eigenvalue weighted by Crippen LogP contribution is 2.11. The monoisotopic (exact) mass is 321 g/mol. The molecule has 22 heavy (non-hydrogen) atoms. The van der Waals surface area contributed by atoms with Crippen LogP contribution in [0.5, 0.6) is 0 Å². The standard InChI is InChI=1S/C14H27NO7/c1-2-3-4-5-6-7-8-22-14(20)13(19)11(15-21)12(18)10(17)9-16/h10-13,16-19H,2-9H2,1H3. The highest BCUT2D eigenvalue weighted by Gasteiger charge is 2.37. The molecular weight excluding hydrogens is 294 g/mol. The molecule has 0 spiro atoms. The van der Waals surface area contributed by atoms with Crippen LogP contribution in [0.1, 0.15) is 45.4 Å². The van der Waals surface area contributed by atoms with Crippen LogP contribution in [0.2, 0.25) is 0 Å². The van der Waals surface area contributed by atoms with Crippen molar-refractivity contribution in [1.29, 1.82) is 0 Å². The number of hydrogen-bond acceptors (Lipinski definition) is 8. The Morgan fingerprint density at radius 3 is 2.23 bits per heavy atom. The first-order valence-corrected chi connectivity index (χ1v) is 7.63. The Bertz CT molecular complexity index is 314. The molecule has 0 aliphatic rings. The lowest BCUT2D eigenvalue weighted by Crippen LogP contribution is -2.48. The van der Waals surface area contributed by atoms with Crippen molar-refractivity contribution in [2.45, 2.75) is 69.8 Å². The first-order valence-electron chi connectivity index (χ1n) is 7.63. The van der Waals surface area contributed by atoms with E-state index in [1.54, 1.807) is 0 Å². The Labute approximate surface area is 130 Å². The number of carbonyl (C=O) groups excluding carboxylic acids is 1. The zero-order valence-corrected chi connectivity index (χ0v) is 12.9. The molecule has 130 valence electrons. The molecule has 0 amide bonds. The number of carbonyl (C=O) groups is 1. The maximum atomic E-state index is 11.6. The van der Waals surface area contributed by atoms with Gasteiger partial charge in [-0.2, -0.15) is 4.91 Å². The van der Waals surface area contributed by atoms with E-state index in [0.29, 0.717) is 6.42 Å². The number of aliphatic hydroxyl groups excluding tert-OH is 4. The minimum Gasteiger partial charge on any atom is -0.464 e. The number of esters is 1. The van der Waals surface area contributed by atoms with Crippen LogP contribution in [0.3, 0.4) is 0 Å². The van der Waals surface area contributed by atoms with Crippen molar-refractivity contribution in [3.05, 3.63) is 4.91 Å². The fraction of sp³-hybridized carbons (Fsp3) is 0.929. The van der Waals surface area contributed by atoms with E-state index in [0.717, 1.165) is 32.1 Å². The van der Waals surface area contributed by atoms with E-state index >= 15 is 0 Å². The van der Waals surface area contributed by atoms with Gasteiger partial charge in [0, 0.05) is 0 Å². The summed E-state index contributed by atoms with van der Waals surface area (Å²) in [5.74, 6) is -1.08. The number of nitrogens with zero attached hydrogens (tertiary/aromatic N) is 1. The molecule has 0 aliphatic heterocycles. The van der Waals surface area contributed by atoms with Gasteiger partial charge in [0.15, 0.2) is 12.1 Å². The third kappa shape index (κ3) is 7.79. The molecule has 0 fully saturated rings. The third-order valence-electron chi connectivity index (χ3n) is 3.36. The van der Waals surface area contributed by atoms with E-state index in [4.69, 9.17) is 9.84 Å². The number of ether oxygens (including phenoxy) is 1. The smallest absolute Gasteiger partial charge is 0.337 e. The van der Waals surface area contributed by atoms with Crippen LogP contribution in [0, 0.1) is 4.91 Å². The molecule has 0 aliphatic carbocycles. The summed E-state index contributed by atoms with van der Waals surface area (Å²) in [5, 5.41) is 39.5. The Balaban J connectivity index is 4.09. The molecule has 0 heterocycles. The van der Waals surface area contributed by atoms with Gasteiger partial charge in [-0.25, -0.2) is 4.79 Å². The number of rotatable bonds is 13. The van der Waals surface area contributed by atoms with E-state index < -0.39 is 36.9 Å². The summed E-state index contributed by atoms with van der Waals surface area (Å²) < 4.78 is 4.81. The topological polar surface area (TPSA) is 137 Å². The number of nitroso groups, excluding NO2 is 1.